The number of esters is 1. The molecule has 0 saturated heterocycles. The van der Waals surface area contributed by atoms with E-state index in [1.165, 1.54) is 437 Å². The van der Waals surface area contributed by atoms with Gasteiger partial charge in [-0.25, -0.2) is 0 Å². The van der Waals surface area contributed by atoms with Crippen molar-refractivity contribution in [2.75, 3.05) is 14.2 Å². The minimum atomic E-state index is -0.553. The first-order valence-corrected chi connectivity index (χ1v) is 42.3. The predicted octanol–water partition coefficient (Wildman–Crippen LogP) is 29.6. The highest BCUT2D eigenvalue weighted by atomic mass is 16.5. The summed E-state index contributed by atoms with van der Waals surface area (Å²) in [6, 6.07) is 0. The zero-order valence-corrected chi connectivity index (χ0v) is 62.3. The van der Waals surface area contributed by atoms with Crippen molar-refractivity contribution in [2.45, 2.75) is 502 Å². The number of carbonyl (C=O) groups is 1. The number of unbranched alkanes of at least 4 members (excludes halogenated alkanes) is 62. The molecular formula is C85H168O4. The van der Waals surface area contributed by atoms with Gasteiger partial charge >= 0.3 is 5.97 Å². The van der Waals surface area contributed by atoms with E-state index >= 15 is 0 Å². The Hall–Kier alpha value is -0.610. The molecule has 0 unspecified atom stereocenters. The quantitative estimate of drug-likeness (QED) is 0.0487. The lowest BCUT2D eigenvalue weighted by Gasteiger charge is -2.22. The summed E-state index contributed by atoms with van der Waals surface area (Å²) in [4.78, 5) is 12.6. The molecule has 4 nitrogen and oxygen atoms in total. The Morgan fingerprint density at radius 2 is 0.517 bits per heavy atom. The summed E-state index contributed by atoms with van der Waals surface area (Å²) in [5, 5.41) is 11.0. The van der Waals surface area contributed by atoms with Crippen molar-refractivity contribution >= 4 is 5.97 Å². The second kappa shape index (κ2) is 71.7. The molecule has 532 valence electrons. The largest absolute Gasteiger partial charge is 0.469 e. The van der Waals surface area contributed by atoms with Crippen LogP contribution in [0.5, 0.6) is 0 Å². The van der Waals surface area contributed by atoms with Crippen molar-refractivity contribution in [3.63, 3.8) is 0 Å². The van der Waals surface area contributed by atoms with Crippen molar-refractivity contribution < 1.29 is 19.4 Å². The highest BCUT2D eigenvalue weighted by molar-refractivity contribution is 5.72. The van der Waals surface area contributed by atoms with Crippen LogP contribution in [0.2, 0.25) is 0 Å². The molecule has 0 radical (unpaired) electrons. The third-order valence-corrected chi connectivity index (χ3v) is 22.0. The highest BCUT2D eigenvalue weighted by Gasteiger charge is 2.35. The molecule has 0 aromatic rings. The standard InChI is InChI=1S/C85H168O4/c1-6-8-10-12-14-16-18-20-22-24-25-26-27-28-32-39-45-51-57-63-69-75-82(85(87)89-5)83(86)76-70-64-58-52-46-40-33-29-31-37-43-49-55-61-67-73-80-78-81(80)74-68-62-56-50-44-38-34-35-41-47-53-59-65-71-77-84(88-4)79(3)72-66-60-54-48-42-36-30-23-21-19-17-15-13-11-9-7-2/h79-84,86H,6-78H2,1-5H3/t79-,80+,81-,82+,83+,84-/m0/s1. The fourth-order valence-electron chi connectivity index (χ4n) is 15.4. The number of methoxy groups -OCH3 is 2. The van der Waals surface area contributed by atoms with Crippen LogP contribution < -0.4 is 0 Å². The van der Waals surface area contributed by atoms with Crippen LogP contribution in [0, 0.1) is 23.7 Å². The number of aliphatic hydroxyl groups is 1. The Bertz CT molecular complexity index is 1330. The Morgan fingerprint density at radius 3 is 0.764 bits per heavy atom. The summed E-state index contributed by atoms with van der Waals surface area (Å²) in [6.45, 7) is 7.06. The lowest BCUT2D eigenvalue weighted by Crippen LogP contribution is -2.29. The molecule has 89 heavy (non-hydrogen) atoms. The fraction of sp³-hybridized carbons (Fsp3) is 0.988. The van der Waals surface area contributed by atoms with Crippen LogP contribution >= 0.6 is 0 Å². The van der Waals surface area contributed by atoms with Crippen LogP contribution in [0.4, 0.5) is 0 Å². The maximum Gasteiger partial charge on any atom is 0.311 e. The monoisotopic (exact) mass is 1250 g/mol. The van der Waals surface area contributed by atoms with E-state index < -0.39 is 6.10 Å². The van der Waals surface area contributed by atoms with Crippen LogP contribution in [0.15, 0.2) is 0 Å². The lowest BCUT2D eigenvalue weighted by molar-refractivity contribution is -0.150. The van der Waals surface area contributed by atoms with Gasteiger partial charge in [-0.1, -0.05) is 457 Å². The van der Waals surface area contributed by atoms with E-state index in [1.54, 1.807) is 6.42 Å². The third kappa shape index (κ3) is 62.0. The summed E-state index contributed by atoms with van der Waals surface area (Å²) in [5.41, 5.74) is 0. The summed E-state index contributed by atoms with van der Waals surface area (Å²) in [7, 11) is 3.44. The molecule has 0 amide bonds. The zero-order valence-electron chi connectivity index (χ0n) is 62.3. The third-order valence-electron chi connectivity index (χ3n) is 22.0. The van der Waals surface area contributed by atoms with Gasteiger partial charge in [0, 0.05) is 7.11 Å². The van der Waals surface area contributed by atoms with Gasteiger partial charge in [0.2, 0.25) is 0 Å². The molecule has 0 aromatic heterocycles. The fourth-order valence-corrected chi connectivity index (χ4v) is 15.4. The molecule has 1 N–H and O–H groups in total. The summed E-state index contributed by atoms with van der Waals surface area (Å²) < 4.78 is 11.1. The number of ether oxygens (including phenoxy) is 2. The Labute approximate surface area is 562 Å². The number of hydrogen-bond acceptors (Lipinski definition) is 4. The molecule has 1 rings (SSSR count). The van der Waals surface area contributed by atoms with Crippen LogP contribution in [-0.2, 0) is 14.3 Å². The smallest absolute Gasteiger partial charge is 0.311 e. The van der Waals surface area contributed by atoms with Gasteiger partial charge in [0.25, 0.3) is 0 Å². The minimum Gasteiger partial charge on any atom is -0.469 e. The van der Waals surface area contributed by atoms with Gasteiger partial charge in [0.05, 0.1) is 25.2 Å². The van der Waals surface area contributed by atoms with Crippen LogP contribution in [-0.4, -0.2) is 37.5 Å². The Kier molecular flexibility index (Phi) is 69.6. The first-order chi connectivity index (χ1) is 44.0. The average molecular weight is 1250 g/mol. The van der Waals surface area contributed by atoms with Crippen molar-refractivity contribution in [2.24, 2.45) is 23.7 Å². The van der Waals surface area contributed by atoms with Crippen LogP contribution in [0.3, 0.4) is 0 Å². The van der Waals surface area contributed by atoms with Gasteiger partial charge in [-0.2, -0.15) is 0 Å². The SMILES string of the molecule is CCCCCCCCCCCCCCCCCCCCCCC[C@@H](C(=O)OC)[C@H](O)CCCCCCCCCCCCCCCCC[C@@H]1C[C@@H]1CCCCCCCCCCCCCCCC[C@H](OC)[C@@H](C)CCCCCCCCCCCCCCCCCC. The van der Waals surface area contributed by atoms with Crippen molar-refractivity contribution in [3.05, 3.63) is 0 Å². The molecule has 0 aromatic carbocycles. The number of hydrogen-bond donors (Lipinski definition) is 1. The molecule has 1 aliphatic rings. The second-order valence-corrected chi connectivity index (χ2v) is 30.6. The summed E-state index contributed by atoms with van der Waals surface area (Å²) >= 11 is 0. The van der Waals surface area contributed by atoms with Gasteiger partial charge in [0.1, 0.15) is 0 Å². The van der Waals surface area contributed by atoms with E-state index in [0.717, 1.165) is 43.9 Å². The molecule has 0 heterocycles. The van der Waals surface area contributed by atoms with E-state index in [2.05, 4.69) is 20.8 Å². The number of aliphatic hydroxyl groups excluding tert-OH is 1. The molecule has 0 spiro atoms. The van der Waals surface area contributed by atoms with Gasteiger partial charge in [-0.15, -0.1) is 0 Å². The molecule has 1 fully saturated rings. The molecule has 1 saturated carbocycles. The highest BCUT2D eigenvalue weighted by Crippen LogP contribution is 2.46. The zero-order chi connectivity index (χ0) is 64.1. The van der Waals surface area contributed by atoms with Gasteiger partial charge in [0.15, 0.2) is 0 Å². The number of rotatable bonds is 78. The molecule has 6 atom stereocenters. The van der Waals surface area contributed by atoms with Gasteiger partial charge < -0.3 is 14.6 Å². The summed E-state index contributed by atoms with van der Waals surface area (Å²) in [5.74, 6) is 2.34. The van der Waals surface area contributed by atoms with Crippen LogP contribution in [0.25, 0.3) is 0 Å². The maximum atomic E-state index is 12.6. The predicted molar refractivity (Wildman–Crippen MR) is 397 cm³/mol. The lowest BCUT2D eigenvalue weighted by atomic mass is 9.91. The van der Waals surface area contributed by atoms with Crippen molar-refractivity contribution in [1.82, 2.24) is 0 Å². The Morgan fingerprint density at radius 1 is 0.303 bits per heavy atom. The number of carbonyl (C=O) groups excluding carboxylic acids is 1. The van der Waals surface area contributed by atoms with E-state index in [4.69, 9.17) is 9.47 Å². The van der Waals surface area contributed by atoms with Crippen molar-refractivity contribution in [1.29, 1.82) is 0 Å². The van der Waals surface area contributed by atoms with Gasteiger partial charge in [-0.05, 0) is 49.9 Å². The van der Waals surface area contributed by atoms with E-state index in [1.807, 2.05) is 7.11 Å². The molecular weight excluding hydrogens is 1080 g/mol. The maximum absolute atomic E-state index is 12.6. The Balaban J connectivity index is 1.78. The molecule has 4 heteroatoms. The second-order valence-electron chi connectivity index (χ2n) is 30.6. The van der Waals surface area contributed by atoms with E-state index in [9.17, 15) is 9.90 Å². The van der Waals surface area contributed by atoms with Gasteiger partial charge in [-0.3, -0.25) is 4.79 Å². The molecule has 1 aliphatic carbocycles. The first-order valence-electron chi connectivity index (χ1n) is 42.3. The first kappa shape index (κ1) is 86.4. The molecule has 0 bridgehead atoms. The van der Waals surface area contributed by atoms with Crippen LogP contribution in [0.1, 0.15) is 489 Å². The topological polar surface area (TPSA) is 55.8 Å². The summed E-state index contributed by atoms with van der Waals surface area (Å²) in [6.07, 6.45) is 102. The average Bonchev–Trinajstić information content (AvgIpc) is 4.38. The minimum absolute atomic E-state index is 0.210. The van der Waals surface area contributed by atoms with Crippen molar-refractivity contribution in [3.8, 4) is 0 Å². The van der Waals surface area contributed by atoms with E-state index in [-0.39, 0.29) is 11.9 Å². The normalized spacial score (nSPS) is 15.5. The molecule has 0 aliphatic heterocycles. The van der Waals surface area contributed by atoms with E-state index in [0.29, 0.717) is 12.0 Å².